The summed E-state index contributed by atoms with van der Waals surface area (Å²) < 4.78 is 62.3. The maximum atomic E-state index is 12.6. The van der Waals surface area contributed by atoms with E-state index in [9.17, 15) is 26.4 Å². The van der Waals surface area contributed by atoms with E-state index < -0.39 is 39.0 Å². The fourth-order valence-corrected chi connectivity index (χ4v) is 3.94. The molecule has 0 saturated carbocycles. The van der Waals surface area contributed by atoms with Gasteiger partial charge in [-0.05, 0) is 30.2 Å². The van der Waals surface area contributed by atoms with Crippen LogP contribution in [0.3, 0.4) is 0 Å². The molecule has 27 heavy (non-hydrogen) atoms. The van der Waals surface area contributed by atoms with E-state index in [0.717, 1.165) is 29.8 Å². The summed E-state index contributed by atoms with van der Waals surface area (Å²) in [5.41, 5.74) is 0.221. The van der Waals surface area contributed by atoms with E-state index in [4.69, 9.17) is 0 Å². The molecule has 8 heteroatoms. The highest BCUT2D eigenvalue weighted by molar-refractivity contribution is 7.91. The van der Waals surface area contributed by atoms with Gasteiger partial charge in [0.15, 0.2) is 9.84 Å². The van der Waals surface area contributed by atoms with Gasteiger partial charge in [-0.15, -0.1) is 0 Å². The summed E-state index contributed by atoms with van der Waals surface area (Å²) in [6.07, 6.45) is -4.48. The number of amides is 1. The van der Waals surface area contributed by atoms with Gasteiger partial charge in [0.1, 0.15) is 5.75 Å². The fraction of sp³-hybridized carbons (Fsp3) is 0.316. The quantitative estimate of drug-likeness (QED) is 0.742. The molecule has 2 aromatic rings. The van der Waals surface area contributed by atoms with Gasteiger partial charge in [-0.25, -0.2) is 8.42 Å². The number of alkyl halides is 3. The number of hydrogen-bond donors (Lipinski definition) is 0. The van der Waals surface area contributed by atoms with Gasteiger partial charge in [0.2, 0.25) is 5.91 Å². The van der Waals surface area contributed by atoms with Crippen LogP contribution in [0.4, 0.5) is 13.2 Å². The third-order valence-corrected chi connectivity index (χ3v) is 5.73. The highest BCUT2D eigenvalue weighted by atomic mass is 32.2. The first kappa shape index (κ1) is 21.0. The van der Waals surface area contributed by atoms with E-state index in [1.165, 1.54) is 11.9 Å². The molecule has 4 nitrogen and oxygen atoms in total. The van der Waals surface area contributed by atoms with Crippen molar-refractivity contribution in [3.05, 3.63) is 71.3 Å². The molecule has 2 aromatic carbocycles. The molecule has 0 radical (unpaired) electrons. The lowest BCUT2D eigenvalue weighted by Gasteiger charge is -2.25. The largest absolute Gasteiger partial charge is 0.416 e. The second kappa shape index (κ2) is 8.12. The lowest BCUT2D eigenvalue weighted by Crippen LogP contribution is -2.34. The molecule has 146 valence electrons. The van der Waals surface area contributed by atoms with E-state index in [-0.39, 0.29) is 11.6 Å². The van der Waals surface area contributed by atoms with E-state index >= 15 is 0 Å². The van der Waals surface area contributed by atoms with Crippen LogP contribution in [-0.4, -0.2) is 32.0 Å². The third kappa shape index (κ3) is 5.82. The summed E-state index contributed by atoms with van der Waals surface area (Å²) in [6, 6.07) is 12.7. The zero-order valence-corrected chi connectivity index (χ0v) is 15.7. The smallest absolute Gasteiger partial charge is 0.338 e. The van der Waals surface area contributed by atoms with Crippen molar-refractivity contribution in [1.29, 1.82) is 0 Å². The molecule has 0 unspecified atom stereocenters. The van der Waals surface area contributed by atoms with Crippen molar-refractivity contribution in [1.82, 2.24) is 4.90 Å². The van der Waals surface area contributed by atoms with Crippen LogP contribution in [0.2, 0.25) is 0 Å². The summed E-state index contributed by atoms with van der Waals surface area (Å²) in [5.74, 6) is -1.77. The molecule has 1 amide bonds. The third-order valence-electron chi connectivity index (χ3n) is 4.27. The van der Waals surface area contributed by atoms with Crippen molar-refractivity contribution < 1.29 is 26.4 Å². The van der Waals surface area contributed by atoms with Gasteiger partial charge in [-0.1, -0.05) is 42.5 Å². The predicted molar refractivity (Wildman–Crippen MR) is 96.6 cm³/mol. The van der Waals surface area contributed by atoms with Gasteiger partial charge in [-0.3, -0.25) is 4.79 Å². The Kier molecular flexibility index (Phi) is 6.30. The fourth-order valence-electron chi connectivity index (χ4n) is 2.56. The van der Waals surface area contributed by atoms with Crippen molar-refractivity contribution in [2.24, 2.45) is 0 Å². The number of rotatable bonds is 6. The Balaban J connectivity index is 2.03. The van der Waals surface area contributed by atoms with Crippen LogP contribution < -0.4 is 0 Å². The van der Waals surface area contributed by atoms with Crippen LogP contribution >= 0.6 is 0 Å². The summed E-state index contributed by atoms with van der Waals surface area (Å²) >= 11 is 0. The number of sulfone groups is 1. The number of benzene rings is 2. The topological polar surface area (TPSA) is 54.5 Å². The lowest BCUT2D eigenvalue weighted by atomic mass is 10.1. The monoisotopic (exact) mass is 399 g/mol. The van der Waals surface area contributed by atoms with Crippen molar-refractivity contribution in [3.8, 4) is 0 Å². The molecule has 0 saturated heterocycles. The first-order valence-corrected chi connectivity index (χ1v) is 9.99. The molecular weight excluding hydrogens is 379 g/mol. The number of nitrogens with zero attached hydrogens (tertiary/aromatic N) is 1. The maximum Gasteiger partial charge on any atom is 0.416 e. The van der Waals surface area contributed by atoms with Crippen LogP contribution in [0, 0.1) is 0 Å². The van der Waals surface area contributed by atoms with Crippen molar-refractivity contribution in [2.45, 2.75) is 24.9 Å². The molecule has 0 heterocycles. The first-order valence-electron chi connectivity index (χ1n) is 8.17. The maximum absolute atomic E-state index is 12.6. The second-order valence-corrected chi connectivity index (χ2v) is 8.38. The summed E-state index contributed by atoms with van der Waals surface area (Å²) in [4.78, 5) is 13.7. The number of halogens is 3. The molecule has 2 rings (SSSR count). The number of carbonyl (C=O) groups excluding carboxylic acids is 1. The normalized spacial score (nSPS) is 13.2. The second-order valence-electron chi connectivity index (χ2n) is 6.32. The van der Waals surface area contributed by atoms with E-state index in [1.807, 2.05) is 30.3 Å². The SMILES string of the molecule is C[C@H](c1ccccc1)N(C)C(=O)CS(=O)(=O)Cc1ccc(C(F)(F)F)cc1. The molecule has 0 N–H and O–H groups in total. The zero-order valence-electron chi connectivity index (χ0n) is 14.9. The van der Waals surface area contributed by atoms with Crippen LogP contribution in [-0.2, 0) is 26.6 Å². The van der Waals surface area contributed by atoms with Crippen LogP contribution in [0.1, 0.15) is 29.7 Å². The highest BCUT2D eigenvalue weighted by Gasteiger charge is 2.30. The molecule has 0 aliphatic carbocycles. The molecule has 0 bridgehead atoms. The predicted octanol–water partition coefficient (Wildman–Crippen LogP) is 3.84. The van der Waals surface area contributed by atoms with Crippen molar-refractivity contribution >= 4 is 15.7 Å². The van der Waals surface area contributed by atoms with Gasteiger partial charge >= 0.3 is 6.18 Å². The number of carbonyl (C=O) groups is 1. The molecule has 1 atom stereocenters. The van der Waals surface area contributed by atoms with Gasteiger partial charge < -0.3 is 4.90 Å². The molecule has 0 spiro atoms. The standard InChI is InChI=1S/C19H20F3NO3S/c1-14(16-6-4-3-5-7-16)23(2)18(24)13-27(25,26)12-15-8-10-17(11-9-15)19(20,21)22/h3-11,14H,12-13H2,1-2H3/t14-/m1/s1. The Hall–Kier alpha value is -2.35. The van der Waals surface area contributed by atoms with Crippen LogP contribution in [0.15, 0.2) is 54.6 Å². The summed E-state index contributed by atoms with van der Waals surface area (Å²) in [5, 5.41) is 0. The molecule has 0 aliphatic heterocycles. The molecular formula is C19H20F3NO3S. The Morgan fingerprint density at radius 1 is 1.04 bits per heavy atom. The Bertz CT molecular complexity index is 879. The minimum absolute atomic E-state index is 0.203. The van der Waals surface area contributed by atoms with Gasteiger partial charge in [-0.2, -0.15) is 13.2 Å². The van der Waals surface area contributed by atoms with Gasteiger partial charge in [0.25, 0.3) is 0 Å². The number of hydrogen-bond acceptors (Lipinski definition) is 3. The van der Waals surface area contributed by atoms with Crippen molar-refractivity contribution in [3.63, 3.8) is 0 Å². The van der Waals surface area contributed by atoms with E-state index in [0.29, 0.717) is 0 Å². The van der Waals surface area contributed by atoms with Gasteiger partial charge in [0, 0.05) is 7.05 Å². The Morgan fingerprint density at radius 3 is 2.11 bits per heavy atom. The average Bonchev–Trinajstić information content (AvgIpc) is 2.60. The van der Waals surface area contributed by atoms with Crippen LogP contribution in [0.25, 0.3) is 0 Å². The summed E-state index contributed by atoms with van der Waals surface area (Å²) in [6.45, 7) is 1.79. The minimum atomic E-state index is -4.48. The lowest BCUT2D eigenvalue weighted by molar-refractivity contribution is -0.137. The minimum Gasteiger partial charge on any atom is -0.338 e. The average molecular weight is 399 g/mol. The van der Waals surface area contributed by atoms with E-state index in [1.54, 1.807) is 6.92 Å². The Labute approximate surface area is 156 Å². The molecule has 0 aliphatic rings. The molecule has 0 fully saturated rings. The van der Waals surface area contributed by atoms with Crippen LogP contribution in [0.5, 0.6) is 0 Å². The van der Waals surface area contributed by atoms with Gasteiger partial charge in [0.05, 0.1) is 17.4 Å². The molecule has 0 aromatic heterocycles. The first-order chi connectivity index (χ1) is 12.5. The van der Waals surface area contributed by atoms with Crippen molar-refractivity contribution in [2.75, 3.05) is 12.8 Å². The summed E-state index contributed by atoms with van der Waals surface area (Å²) in [7, 11) is -2.29. The zero-order chi connectivity index (χ0) is 20.2. The Morgan fingerprint density at radius 2 is 1.59 bits per heavy atom. The van der Waals surface area contributed by atoms with E-state index in [2.05, 4.69) is 0 Å². The highest BCUT2D eigenvalue weighted by Crippen LogP contribution is 2.29.